The van der Waals surface area contributed by atoms with E-state index in [1.807, 2.05) is 0 Å². The fourth-order valence-electron chi connectivity index (χ4n) is 3.12. The molecule has 2 rings (SSSR count). The summed E-state index contributed by atoms with van der Waals surface area (Å²) < 4.78 is 0. The molecule has 8 heteroatoms. The summed E-state index contributed by atoms with van der Waals surface area (Å²) in [6.07, 6.45) is 3.38. The number of rotatable bonds is 5. The molecule has 118 valence electrons. The van der Waals surface area contributed by atoms with Crippen LogP contribution in [0.3, 0.4) is 0 Å². The monoisotopic (exact) mass is 299 g/mol. The predicted molar refractivity (Wildman–Crippen MR) is 73.0 cm³/mol. The van der Waals surface area contributed by atoms with Crippen molar-refractivity contribution in [3.63, 3.8) is 0 Å². The quantitative estimate of drug-likeness (QED) is 0.560. The van der Waals surface area contributed by atoms with Crippen LogP contribution in [0.5, 0.6) is 0 Å². The standard InChI is InChI=1S/C13H21N3O5/c17-11(18)7-10(12(19)20)15-13(21)14-8-3-5-16-4-1-2-9(16)6-8/h8-10H,1-7H2,(H,17,18)(H,19,20)(H2,14,15,21)/t8?,9?,10-/m0/s1. The number of carboxylic acids is 2. The molecule has 2 aliphatic rings. The highest BCUT2D eigenvalue weighted by atomic mass is 16.4. The van der Waals surface area contributed by atoms with E-state index in [1.54, 1.807) is 0 Å². The zero-order chi connectivity index (χ0) is 15.4. The van der Waals surface area contributed by atoms with Gasteiger partial charge in [0.2, 0.25) is 0 Å². The Bertz CT molecular complexity index is 428. The van der Waals surface area contributed by atoms with Crippen LogP contribution in [0.1, 0.15) is 32.1 Å². The Morgan fingerprint density at radius 2 is 1.95 bits per heavy atom. The number of nitrogens with zero attached hydrogens (tertiary/aromatic N) is 1. The normalized spacial score (nSPS) is 26.7. The van der Waals surface area contributed by atoms with Crippen LogP contribution in [0.2, 0.25) is 0 Å². The maximum Gasteiger partial charge on any atom is 0.326 e. The largest absolute Gasteiger partial charge is 0.481 e. The molecule has 2 amide bonds. The Labute approximate surface area is 122 Å². The minimum atomic E-state index is -1.41. The molecule has 2 aliphatic heterocycles. The second-order valence-electron chi connectivity index (χ2n) is 5.66. The van der Waals surface area contributed by atoms with E-state index in [9.17, 15) is 14.4 Å². The molecule has 2 saturated heterocycles. The molecule has 0 aromatic rings. The van der Waals surface area contributed by atoms with Crippen LogP contribution < -0.4 is 10.6 Å². The highest BCUT2D eigenvalue weighted by Crippen LogP contribution is 2.26. The van der Waals surface area contributed by atoms with Gasteiger partial charge in [-0.05, 0) is 32.2 Å². The average Bonchev–Trinajstić information content (AvgIpc) is 2.84. The maximum atomic E-state index is 11.8. The molecule has 2 unspecified atom stereocenters. The molecule has 3 atom stereocenters. The highest BCUT2D eigenvalue weighted by Gasteiger charge is 2.32. The van der Waals surface area contributed by atoms with Crippen LogP contribution in [0, 0.1) is 0 Å². The van der Waals surface area contributed by atoms with Crippen LogP contribution in [-0.2, 0) is 9.59 Å². The molecule has 0 saturated carbocycles. The second-order valence-corrected chi connectivity index (χ2v) is 5.66. The van der Waals surface area contributed by atoms with Gasteiger partial charge in [0.1, 0.15) is 6.04 Å². The number of aliphatic carboxylic acids is 2. The van der Waals surface area contributed by atoms with Crippen molar-refractivity contribution in [3.05, 3.63) is 0 Å². The average molecular weight is 299 g/mol. The first kappa shape index (κ1) is 15.6. The van der Waals surface area contributed by atoms with Gasteiger partial charge in [-0.2, -0.15) is 0 Å². The molecule has 0 bridgehead atoms. The van der Waals surface area contributed by atoms with Crippen LogP contribution in [0.25, 0.3) is 0 Å². The van der Waals surface area contributed by atoms with Crippen LogP contribution in [-0.4, -0.2) is 64.3 Å². The van der Waals surface area contributed by atoms with Crippen molar-refractivity contribution in [2.75, 3.05) is 13.1 Å². The number of fused-ring (bicyclic) bond motifs is 1. The van der Waals surface area contributed by atoms with Crippen LogP contribution in [0.15, 0.2) is 0 Å². The summed E-state index contributed by atoms with van der Waals surface area (Å²) >= 11 is 0. The number of hydrogen-bond acceptors (Lipinski definition) is 4. The first-order valence-corrected chi connectivity index (χ1v) is 7.21. The van der Waals surface area contributed by atoms with Crippen molar-refractivity contribution in [1.29, 1.82) is 0 Å². The summed E-state index contributed by atoms with van der Waals surface area (Å²) in [5.74, 6) is -2.61. The van der Waals surface area contributed by atoms with Gasteiger partial charge in [-0.25, -0.2) is 9.59 Å². The van der Waals surface area contributed by atoms with Gasteiger partial charge < -0.3 is 25.7 Å². The number of carboxylic acid groups (broad SMARTS) is 2. The third-order valence-corrected chi connectivity index (χ3v) is 4.14. The van der Waals surface area contributed by atoms with Crippen molar-refractivity contribution >= 4 is 18.0 Å². The SMILES string of the molecule is O=C(O)C[C@H](NC(=O)NC1CCN2CCCC2C1)C(=O)O. The van der Waals surface area contributed by atoms with Gasteiger partial charge in [0.25, 0.3) is 0 Å². The van der Waals surface area contributed by atoms with Crippen LogP contribution >= 0.6 is 0 Å². The number of carbonyl (C=O) groups excluding carboxylic acids is 1. The minimum absolute atomic E-state index is 0.0172. The maximum absolute atomic E-state index is 11.8. The first-order valence-electron chi connectivity index (χ1n) is 7.21. The fraction of sp³-hybridized carbons (Fsp3) is 0.769. The highest BCUT2D eigenvalue weighted by molar-refractivity contribution is 5.86. The zero-order valence-electron chi connectivity index (χ0n) is 11.7. The number of urea groups is 1. The van der Waals surface area contributed by atoms with Crippen molar-refractivity contribution < 1.29 is 24.6 Å². The first-order chi connectivity index (χ1) is 9.95. The molecular weight excluding hydrogens is 278 g/mol. The Hall–Kier alpha value is -1.83. The summed E-state index contributed by atoms with van der Waals surface area (Å²) in [6.45, 7) is 2.05. The number of piperidine rings is 1. The Morgan fingerprint density at radius 1 is 1.19 bits per heavy atom. The van der Waals surface area contributed by atoms with E-state index in [-0.39, 0.29) is 6.04 Å². The van der Waals surface area contributed by atoms with E-state index in [0.717, 1.165) is 32.4 Å². The van der Waals surface area contributed by atoms with E-state index in [0.29, 0.717) is 6.04 Å². The lowest BCUT2D eigenvalue weighted by Gasteiger charge is -2.35. The molecule has 8 nitrogen and oxygen atoms in total. The van der Waals surface area contributed by atoms with E-state index in [1.165, 1.54) is 6.42 Å². The summed E-state index contributed by atoms with van der Waals surface area (Å²) in [7, 11) is 0. The summed E-state index contributed by atoms with van der Waals surface area (Å²) in [5, 5.41) is 22.5. The van der Waals surface area contributed by atoms with Crippen LogP contribution in [0.4, 0.5) is 4.79 Å². The molecule has 2 heterocycles. The lowest BCUT2D eigenvalue weighted by atomic mass is 9.98. The Kier molecular flexibility index (Phi) is 5.00. The zero-order valence-corrected chi connectivity index (χ0v) is 11.7. The molecule has 0 aliphatic carbocycles. The van der Waals surface area contributed by atoms with Gasteiger partial charge in [-0.1, -0.05) is 0 Å². The van der Waals surface area contributed by atoms with Gasteiger partial charge in [-0.15, -0.1) is 0 Å². The molecule has 2 fully saturated rings. The lowest BCUT2D eigenvalue weighted by molar-refractivity contribution is -0.145. The molecular formula is C13H21N3O5. The predicted octanol–water partition coefficient (Wildman–Crippen LogP) is -0.160. The number of carbonyl (C=O) groups is 3. The van der Waals surface area contributed by atoms with Gasteiger partial charge in [0.05, 0.1) is 6.42 Å². The van der Waals surface area contributed by atoms with Crippen molar-refractivity contribution in [3.8, 4) is 0 Å². The molecule has 21 heavy (non-hydrogen) atoms. The van der Waals surface area contributed by atoms with Gasteiger partial charge in [0.15, 0.2) is 0 Å². The summed E-state index contributed by atoms with van der Waals surface area (Å²) in [6, 6.07) is -1.50. The van der Waals surface area contributed by atoms with E-state index in [4.69, 9.17) is 10.2 Å². The summed E-state index contributed by atoms with van der Waals surface area (Å²) in [5.41, 5.74) is 0. The van der Waals surface area contributed by atoms with Crippen molar-refractivity contribution in [2.24, 2.45) is 0 Å². The second kappa shape index (κ2) is 6.75. The minimum Gasteiger partial charge on any atom is -0.481 e. The molecule has 0 spiro atoms. The fourth-order valence-corrected chi connectivity index (χ4v) is 3.12. The smallest absolute Gasteiger partial charge is 0.326 e. The van der Waals surface area contributed by atoms with Gasteiger partial charge >= 0.3 is 18.0 Å². The Balaban J connectivity index is 1.80. The lowest BCUT2D eigenvalue weighted by Crippen LogP contribution is -2.53. The molecule has 0 aromatic heterocycles. The van der Waals surface area contributed by atoms with Gasteiger partial charge in [0, 0.05) is 18.6 Å². The third kappa shape index (κ3) is 4.32. The van der Waals surface area contributed by atoms with E-state index < -0.39 is 30.4 Å². The topological polar surface area (TPSA) is 119 Å². The van der Waals surface area contributed by atoms with E-state index >= 15 is 0 Å². The van der Waals surface area contributed by atoms with Crippen molar-refractivity contribution in [1.82, 2.24) is 15.5 Å². The number of amides is 2. The molecule has 0 aromatic carbocycles. The van der Waals surface area contributed by atoms with Crippen molar-refractivity contribution in [2.45, 2.75) is 50.2 Å². The van der Waals surface area contributed by atoms with Gasteiger partial charge in [-0.3, -0.25) is 4.79 Å². The Morgan fingerprint density at radius 3 is 2.62 bits per heavy atom. The van der Waals surface area contributed by atoms with E-state index in [2.05, 4.69) is 15.5 Å². The summed E-state index contributed by atoms with van der Waals surface area (Å²) in [4.78, 5) is 35.7. The number of nitrogens with one attached hydrogen (secondary N) is 2. The molecule has 4 N–H and O–H groups in total. The number of hydrogen-bond donors (Lipinski definition) is 4. The molecule has 0 radical (unpaired) electrons. The third-order valence-electron chi connectivity index (χ3n) is 4.14.